The lowest BCUT2D eigenvalue weighted by molar-refractivity contribution is -0.138. The molecule has 21 heavy (non-hydrogen) atoms. The molecule has 0 spiro atoms. The van der Waals surface area contributed by atoms with Gasteiger partial charge in [0.1, 0.15) is 6.10 Å². The standard InChI is InChI=1S/C18H15IO2/c19-17(14-9-5-2-6-10-14)16-12-15(18(20)21-16)11-13-7-3-1-4-8-13/h1-11,16-17H,12H2/b15-11-/t16-,17+/m1/s1. The van der Waals surface area contributed by atoms with Gasteiger partial charge in [0.25, 0.3) is 0 Å². The second kappa shape index (κ2) is 6.43. The first kappa shape index (κ1) is 14.3. The number of carbonyl (C=O) groups excluding carboxylic acids is 1. The molecular weight excluding hydrogens is 375 g/mol. The Balaban J connectivity index is 1.77. The van der Waals surface area contributed by atoms with E-state index >= 15 is 0 Å². The van der Waals surface area contributed by atoms with Crippen molar-refractivity contribution in [2.24, 2.45) is 0 Å². The molecule has 0 aromatic heterocycles. The summed E-state index contributed by atoms with van der Waals surface area (Å²) in [6.45, 7) is 0. The molecule has 0 saturated carbocycles. The molecule has 1 aliphatic heterocycles. The number of ether oxygens (including phenoxy) is 1. The van der Waals surface area contributed by atoms with Crippen molar-refractivity contribution in [2.45, 2.75) is 16.4 Å². The number of hydrogen-bond acceptors (Lipinski definition) is 2. The molecule has 1 heterocycles. The van der Waals surface area contributed by atoms with E-state index < -0.39 is 0 Å². The fourth-order valence-electron chi connectivity index (χ4n) is 2.44. The van der Waals surface area contributed by atoms with E-state index in [4.69, 9.17) is 4.74 Å². The second-order valence-electron chi connectivity index (χ2n) is 5.04. The Morgan fingerprint density at radius 1 is 1.05 bits per heavy atom. The molecule has 3 rings (SSSR count). The summed E-state index contributed by atoms with van der Waals surface area (Å²) < 4.78 is 5.72. The molecule has 0 unspecified atom stereocenters. The summed E-state index contributed by atoms with van der Waals surface area (Å²) in [5.41, 5.74) is 2.98. The van der Waals surface area contributed by atoms with Crippen LogP contribution in [0.1, 0.15) is 21.5 Å². The molecule has 2 aromatic carbocycles. The molecule has 2 nitrogen and oxygen atoms in total. The van der Waals surface area contributed by atoms with Crippen LogP contribution < -0.4 is 0 Å². The smallest absolute Gasteiger partial charge is 0.334 e. The van der Waals surface area contributed by atoms with Crippen LogP contribution in [0.4, 0.5) is 0 Å². The normalized spacial score (nSPS) is 21.3. The molecule has 0 radical (unpaired) electrons. The summed E-state index contributed by atoms with van der Waals surface area (Å²) in [4.78, 5) is 12.0. The first-order valence-corrected chi connectivity index (χ1v) is 8.14. The Hall–Kier alpha value is -1.62. The van der Waals surface area contributed by atoms with Crippen LogP contribution in [0.15, 0.2) is 66.2 Å². The molecule has 0 N–H and O–H groups in total. The highest BCUT2D eigenvalue weighted by molar-refractivity contribution is 14.1. The van der Waals surface area contributed by atoms with Gasteiger partial charge in [-0.15, -0.1) is 0 Å². The van der Waals surface area contributed by atoms with Crippen LogP contribution in [0.5, 0.6) is 0 Å². The van der Waals surface area contributed by atoms with Gasteiger partial charge in [0.05, 0.1) is 3.92 Å². The molecule has 0 aliphatic carbocycles. The van der Waals surface area contributed by atoms with Gasteiger partial charge in [0, 0.05) is 12.0 Å². The van der Waals surface area contributed by atoms with Crippen LogP contribution in [-0.4, -0.2) is 12.1 Å². The number of halogens is 1. The van der Waals surface area contributed by atoms with Crippen molar-refractivity contribution in [3.8, 4) is 0 Å². The Morgan fingerprint density at radius 2 is 1.67 bits per heavy atom. The third-order valence-corrected chi connectivity index (χ3v) is 5.05. The van der Waals surface area contributed by atoms with Crippen molar-refractivity contribution in [1.82, 2.24) is 0 Å². The van der Waals surface area contributed by atoms with Crippen LogP contribution >= 0.6 is 22.6 Å². The zero-order valence-corrected chi connectivity index (χ0v) is 13.6. The lowest BCUT2D eigenvalue weighted by atomic mass is 10.0. The number of rotatable bonds is 3. The number of benzene rings is 2. The van der Waals surface area contributed by atoms with Crippen LogP contribution in [0.25, 0.3) is 6.08 Å². The van der Waals surface area contributed by atoms with Gasteiger partial charge >= 0.3 is 5.97 Å². The van der Waals surface area contributed by atoms with Gasteiger partial charge < -0.3 is 4.74 Å². The van der Waals surface area contributed by atoms with Gasteiger partial charge in [-0.05, 0) is 17.2 Å². The third kappa shape index (κ3) is 3.35. The molecule has 1 fully saturated rings. The Bertz CT molecular complexity index is 649. The SMILES string of the molecule is O=C1O[C@@H]([C@@H](I)c2ccccc2)C/C1=C/c1ccccc1. The summed E-state index contributed by atoms with van der Waals surface area (Å²) in [6, 6.07) is 20.1. The Kier molecular flexibility index (Phi) is 4.39. The van der Waals surface area contributed by atoms with E-state index in [0.717, 1.165) is 11.1 Å². The molecule has 0 amide bonds. The molecule has 106 valence electrons. The summed E-state index contributed by atoms with van der Waals surface area (Å²) in [6.07, 6.45) is 2.50. The van der Waals surface area contributed by atoms with Crippen molar-refractivity contribution in [3.05, 3.63) is 77.4 Å². The molecule has 2 atom stereocenters. The molecule has 3 heteroatoms. The van der Waals surface area contributed by atoms with Gasteiger partial charge in [-0.25, -0.2) is 4.79 Å². The lowest BCUT2D eigenvalue weighted by Gasteiger charge is -2.16. The van der Waals surface area contributed by atoms with Crippen LogP contribution in [0.2, 0.25) is 0 Å². The third-order valence-electron chi connectivity index (χ3n) is 3.53. The van der Waals surface area contributed by atoms with E-state index in [1.165, 1.54) is 5.56 Å². The second-order valence-corrected chi connectivity index (χ2v) is 6.38. The number of hydrogen-bond donors (Lipinski definition) is 0. The van der Waals surface area contributed by atoms with E-state index in [1.54, 1.807) is 0 Å². The fraction of sp³-hybridized carbons (Fsp3) is 0.167. The Morgan fingerprint density at radius 3 is 2.33 bits per heavy atom. The minimum Gasteiger partial charge on any atom is -0.457 e. The fourth-order valence-corrected chi connectivity index (χ4v) is 3.25. The summed E-state index contributed by atoms with van der Waals surface area (Å²) in [5, 5.41) is 0. The highest BCUT2D eigenvalue weighted by Gasteiger charge is 2.34. The van der Waals surface area contributed by atoms with Crippen LogP contribution in [-0.2, 0) is 9.53 Å². The van der Waals surface area contributed by atoms with E-state index in [1.807, 2.05) is 54.6 Å². The Labute approximate surface area is 138 Å². The minimum atomic E-state index is -0.193. The maximum atomic E-state index is 12.0. The van der Waals surface area contributed by atoms with Crippen molar-refractivity contribution < 1.29 is 9.53 Å². The average molecular weight is 390 g/mol. The first-order chi connectivity index (χ1) is 10.2. The predicted octanol–water partition coefficient (Wildman–Crippen LogP) is 4.56. The highest BCUT2D eigenvalue weighted by atomic mass is 127. The van der Waals surface area contributed by atoms with Gasteiger partial charge in [0.15, 0.2) is 0 Å². The average Bonchev–Trinajstić information content (AvgIpc) is 2.89. The van der Waals surface area contributed by atoms with Crippen LogP contribution in [0, 0.1) is 0 Å². The maximum Gasteiger partial charge on any atom is 0.334 e. The largest absolute Gasteiger partial charge is 0.457 e. The van der Waals surface area contributed by atoms with Crippen molar-refractivity contribution >= 4 is 34.6 Å². The van der Waals surface area contributed by atoms with E-state index in [2.05, 4.69) is 34.7 Å². The predicted molar refractivity (Wildman–Crippen MR) is 92.1 cm³/mol. The number of esters is 1. The van der Waals surface area contributed by atoms with Gasteiger partial charge in [-0.1, -0.05) is 83.3 Å². The maximum absolute atomic E-state index is 12.0. The number of alkyl halides is 1. The zero-order valence-electron chi connectivity index (χ0n) is 11.4. The van der Waals surface area contributed by atoms with E-state index in [-0.39, 0.29) is 16.0 Å². The molecule has 1 aliphatic rings. The van der Waals surface area contributed by atoms with Crippen molar-refractivity contribution in [3.63, 3.8) is 0 Å². The molecule has 1 saturated heterocycles. The van der Waals surface area contributed by atoms with Gasteiger partial charge in [0.2, 0.25) is 0 Å². The molecule has 2 aromatic rings. The summed E-state index contributed by atoms with van der Waals surface area (Å²) in [7, 11) is 0. The summed E-state index contributed by atoms with van der Waals surface area (Å²) >= 11 is 2.36. The quantitative estimate of drug-likeness (QED) is 0.332. The zero-order chi connectivity index (χ0) is 14.7. The molecular formula is C18H15IO2. The van der Waals surface area contributed by atoms with Gasteiger partial charge in [-0.2, -0.15) is 0 Å². The first-order valence-electron chi connectivity index (χ1n) is 6.89. The highest BCUT2D eigenvalue weighted by Crippen LogP contribution is 2.37. The topological polar surface area (TPSA) is 26.3 Å². The number of cyclic esters (lactones) is 1. The summed E-state index contributed by atoms with van der Waals surface area (Å²) in [5.74, 6) is -0.193. The van der Waals surface area contributed by atoms with Crippen molar-refractivity contribution in [2.75, 3.05) is 0 Å². The minimum absolute atomic E-state index is 0.0875. The van der Waals surface area contributed by atoms with Gasteiger partial charge in [-0.3, -0.25) is 0 Å². The van der Waals surface area contributed by atoms with E-state index in [0.29, 0.717) is 6.42 Å². The van der Waals surface area contributed by atoms with E-state index in [9.17, 15) is 4.79 Å². The molecule has 0 bridgehead atoms. The van der Waals surface area contributed by atoms with Crippen LogP contribution in [0.3, 0.4) is 0 Å². The van der Waals surface area contributed by atoms with Crippen molar-refractivity contribution in [1.29, 1.82) is 0 Å². The lowest BCUT2D eigenvalue weighted by Crippen LogP contribution is -2.13. The number of carbonyl (C=O) groups is 1. The monoisotopic (exact) mass is 390 g/mol.